The van der Waals surface area contributed by atoms with Crippen LogP contribution in [0.1, 0.15) is 36.1 Å². The summed E-state index contributed by atoms with van der Waals surface area (Å²) in [6.45, 7) is 2.88. The first-order chi connectivity index (χ1) is 19.1. The van der Waals surface area contributed by atoms with E-state index in [0.29, 0.717) is 5.75 Å². The number of phosphoric acid groups is 1. The van der Waals surface area contributed by atoms with Crippen LogP contribution in [-0.2, 0) is 35.3 Å². The molecule has 0 amide bonds. The van der Waals surface area contributed by atoms with Gasteiger partial charge in [-0.2, -0.15) is 0 Å². The van der Waals surface area contributed by atoms with Gasteiger partial charge in [-0.1, -0.05) is 66.7 Å². The molecule has 0 spiro atoms. The third-order valence-electron chi connectivity index (χ3n) is 6.65. The van der Waals surface area contributed by atoms with E-state index in [-0.39, 0.29) is 13.2 Å². The SMILES string of the molecule is [B][C@@H]1O[C@H](COC(c2ccccc2)(c2ccc(CO)cc2)c2ccc(OC)cc2)C(OP(=O)(O)OC(C)C)C1O. The molecule has 0 aliphatic carbocycles. The van der Waals surface area contributed by atoms with Crippen LogP contribution in [0.4, 0.5) is 0 Å². The number of rotatable bonds is 12. The van der Waals surface area contributed by atoms with Gasteiger partial charge < -0.3 is 29.3 Å². The summed E-state index contributed by atoms with van der Waals surface area (Å²) in [7, 11) is 3.00. The van der Waals surface area contributed by atoms with Crippen LogP contribution in [0.5, 0.6) is 5.75 Å². The Morgan fingerprint density at radius 3 is 2.10 bits per heavy atom. The number of phosphoric ester groups is 1. The lowest BCUT2D eigenvalue weighted by molar-refractivity contribution is -0.0756. The van der Waals surface area contributed by atoms with Crippen LogP contribution in [0.25, 0.3) is 0 Å². The van der Waals surface area contributed by atoms with Crippen LogP contribution in [-0.4, -0.2) is 67.1 Å². The van der Waals surface area contributed by atoms with Gasteiger partial charge in [-0.05, 0) is 48.2 Å². The molecule has 212 valence electrons. The largest absolute Gasteiger partial charge is 0.497 e. The first-order valence-corrected chi connectivity index (χ1v) is 14.4. The highest BCUT2D eigenvalue weighted by molar-refractivity contribution is 7.47. The monoisotopic (exact) mass is 568 g/mol. The summed E-state index contributed by atoms with van der Waals surface area (Å²) >= 11 is 0. The summed E-state index contributed by atoms with van der Waals surface area (Å²) in [6.07, 6.45) is -4.31. The zero-order valence-corrected chi connectivity index (χ0v) is 23.5. The number of ether oxygens (including phenoxy) is 3. The maximum absolute atomic E-state index is 12.6. The summed E-state index contributed by atoms with van der Waals surface area (Å²) in [5.41, 5.74) is 1.81. The lowest BCUT2D eigenvalue weighted by Crippen LogP contribution is -2.40. The van der Waals surface area contributed by atoms with Gasteiger partial charge >= 0.3 is 7.82 Å². The van der Waals surface area contributed by atoms with E-state index in [2.05, 4.69) is 0 Å². The molecule has 1 aliphatic heterocycles. The van der Waals surface area contributed by atoms with Crippen LogP contribution in [0.15, 0.2) is 78.9 Å². The van der Waals surface area contributed by atoms with Crippen molar-refractivity contribution in [2.75, 3.05) is 13.7 Å². The molecule has 1 fully saturated rings. The first-order valence-electron chi connectivity index (χ1n) is 12.9. The van der Waals surface area contributed by atoms with Gasteiger partial charge in [-0.15, -0.1) is 0 Å². The zero-order valence-electron chi connectivity index (χ0n) is 22.6. The summed E-state index contributed by atoms with van der Waals surface area (Å²) in [5, 5.41) is 20.3. The molecule has 3 aromatic carbocycles. The molecule has 11 heteroatoms. The summed E-state index contributed by atoms with van der Waals surface area (Å²) < 4.78 is 40.9. The van der Waals surface area contributed by atoms with Gasteiger partial charge in [0.05, 0.1) is 26.4 Å². The third kappa shape index (κ3) is 6.68. The minimum Gasteiger partial charge on any atom is -0.497 e. The summed E-state index contributed by atoms with van der Waals surface area (Å²) in [5.74, 6) is 0.659. The van der Waals surface area contributed by atoms with Gasteiger partial charge in [0.15, 0.2) is 0 Å². The quantitative estimate of drug-likeness (QED) is 0.171. The smallest absolute Gasteiger partial charge is 0.472 e. The Kier molecular flexibility index (Phi) is 9.87. The highest BCUT2D eigenvalue weighted by Crippen LogP contribution is 2.49. The van der Waals surface area contributed by atoms with Crippen LogP contribution in [0.2, 0.25) is 0 Å². The highest BCUT2D eigenvalue weighted by Gasteiger charge is 2.48. The second-order valence-corrected chi connectivity index (χ2v) is 11.1. The van der Waals surface area contributed by atoms with Crippen molar-refractivity contribution < 1.29 is 42.9 Å². The van der Waals surface area contributed by atoms with Gasteiger partial charge in [0.25, 0.3) is 0 Å². The number of benzene rings is 3. The molecule has 3 aromatic rings. The number of hydrogen-bond donors (Lipinski definition) is 3. The minimum atomic E-state index is -4.54. The van der Waals surface area contributed by atoms with E-state index in [1.165, 1.54) is 0 Å². The highest BCUT2D eigenvalue weighted by atomic mass is 31.2. The van der Waals surface area contributed by atoms with Crippen LogP contribution in [0.3, 0.4) is 0 Å². The van der Waals surface area contributed by atoms with E-state index in [0.717, 1.165) is 22.3 Å². The fourth-order valence-electron chi connectivity index (χ4n) is 4.78. The van der Waals surface area contributed by atoms with Crippen molar-refractivity contribution >= 4 is 15.7 Å². The Bertz CT molecular complexity index is 1220. The molecule has 1 aliphatic rings. The van der Waals surface area contributed by atoms with E-state index in [1.54, 1.807) is 21.0 Å². The predicted octanol–water partition coefficient (Wildman–Crippen LogP) is 3.66. The molecule has 4 unspecified atom stereocenters. The molecule has 3 N–H and O–H groups in total. The van der Waals surface area contributed by atoms with Crippen molar-refractivity contribution in [3.05, 3.63) is 101 Å². The summed E-state index contributed by atoms with van der Waals surface area (Å²) in [4.78, 5) is 10.3. The lowest BCUT2D eigenvalue weighted by atomic mass is 9.79. The molecule has 9 nitrogen and oxygen atoms in total. The number of methoxy groups -OCH3 is 1. The summed E-state index contributed by atoms with van der Waals surface area (Å²) in [6, 6.07) is 23.1. The van der Waals surface area contributed by atoms with Crippen LogP contribution >= 0.6 is 7.82 Å². The Morgan fingerprint density at radius 1 is 0.975 bits per heavy atom. The van der Waals surface area contributed by atoms with Crippen molar-refractivity contribution in [1.29, 1.82) is 0 Å². The molecular formula is C29H34BO9P. The Hall–Kier alpha value is -2.53. The van der Waals surface area contributed by atoms with Crippen LogP contribution < -0.4 is 4.74 Å². The molecule has 1 heterocycles. The van der Waals surface area contributed by atoms with Gasteiger partial charge in [-0.3, -0.25) is 9.05 Å². The van der Waals surface area contributed by atoms with E-state index >= 15 is 0 Å². The molecule has 0 aromatic heterocycles. The van der Waals surface area contributed by atoms with Crippen molar-refractivity contribution in [2.24, 2.45) is 0 Å². The molecule has 2 radical (unpaired) electrons. The minimum absolute atomic E-state index is 0.119. The van der Waals surface area contributed by atoms with E-state index < -0.39 is 43.8 Å². The normalized spacial score (nSPS) is 24.0. The maximum Gasteiger partial charge on any atom is 0.472 e. The Balaban J connectivity index is 1.77. The van der Waals surface area contributed by atoms with E-state index in [1.807, 2.05) is 78.9 Å². The van der Waals surface area contributed by atoms with Crippen molar-refractivity contribution in [3.8, 4) is 5.75 Å². The Morgan fingerprint density at radius 2 is 1.55 bits per heavy atom. The van der Waals surface area contributed by atoms with Gasteiger partial charge in [0.1, 0.15) is 37.5 Å². The van der Waals surface area contributed by atoms with Crippen molar-refractivity contribution in [3.63, 3.8) is 0 Å². The van der Waals surface area contributed by atoms with Gasteiger partial charge in [0, 0.05) is 6.00 Å². The average Bonchev–Trinajstić information content (AvgIpc) is 3.21. The molecule has 6 atom stereocenters. The first kappa shape index (κ1) is 30.4. The van der Waals surface area contributed by atoms with Gasteiger partial charge in [-0.25, -0.2) is 4.57 Å². The average molecular weight is 568 g/mol. The molecule has 4 rings (SSSR count). The number of hydrogen-bond acceptors (Lipinski definition) is 8. The van der Waals surface area contributed by atoms with Crippen molar-refractivity contribution in [1.82, 2.24) is 0 Å². The molecule has 40 heavy (non-hydrogen) atoms. The molecule has 1 saturated heterocycles. The fourth-order valence-corrected chi connectivity index (χ4v) is 5.93. The Labute approximate surface area is 235 Å². The number of aliphatic hydroxyl groups excluding tert-OH is 2. The zero-order chi connectivity index (χ0) is 28.9. The molecule has 0 bridgehead atoms. The standard InChI is InChI=1S/C29H34BO9P/c1-19(2)38-40(33,34)39-27-25(37-28(30)26(27)32)18-36-29(21-7-5-4-6-8-21,22-11-9-20(17-31)10-12-22)23-13-15-24(35-3)16-14-23/h4-16,19,25-28,31-32H,17-18H2,1-3H3,(H,33,34)/t25-,26?,27?,28-,29?/m1/s1. The second-order valence-electron chi connectivity index (χ2n) is 9.76. The molecular weight excluding hydrogens is 534 g/mol. The second kappa shape index (κ2) is 13.0. The van der Waals surface area contributed by atoms with E-state index in [4.69, 9.17) is 31.1 Å². The predicted molar refractivity (Wildman–Crippen MR) is 149 cm³/mol. The van der Waals surface area contributed by atoms with Crippen LogP contribution in [0, 0.1) is 0 Å². The third-order valence-corrected chi connectivity index (χ3v) is 7.85. The topological polar surface area (TPSA) is 124 Å². The maximum atomic E-state index is 12.6. The van der Waals surface area contributed by atoms with Crippen molar-refractivity contribution in [2.45, 2.75) is 56.5 Å². The number of aliphatic hydroxyl groups is 2. The van der Waals surface area contributed by atoms with Gasteiger partial charge in [0.2, 0.25) is 0 Å². The molecule has 0 saturated carbocycles. The van der Waals surface area contributed by atoms with E-state index in [9.17, 15) is 19.7 Å². The fraction of sp³-hybridized carbons (Fsp3) is 0.379. The lowest BCUT2D eigenvalue weighted by Gasteiger charge is -2.37.